The maximum atomic E-state index is 10.1. The van der Waals surface area contributed by atoms with Gasteiger partial charge in [0.2, 0.25) is 0 Å². The minimum absolute atomic E-state index is 0.259. The molecule has 0 saturated heterocycles. The van der Waals surface area contributed by atoms with Crippen molar-refractivity contribution in [2.75, 3.05) is 6.61 Å². The number of esters is 1. The van der Waals surface area contributed by atoms with Crippen molar-refractivity contribution in [1.29, 1.82) is 0 Å². The summed E-state index contributed by atoms with van der Waals surface area (Å²) in [5.74, 6) is -0.286. The average molecular weight is 179 g/mol. The first-order valence-corrected chi connectivity index (χ1v) is 2.89. The van der Waals surface area contributed by atoms with Crippen LogP contribution in [0.4, 0.5) is 0 Å². The van der Waals surface area contributed by atoms with E-state index in [0.29, 0.717) is 4.48 Å². The van der Waals surface area contributed by atoms with E-state index in [9.17, 15) is 4.79 Å². The molecule has 0 radical (unpaired) electrons. The topological polar surface area (TPSA) is 26.3 Å². The van der Waals surface area contributed by atoms with Gasteiger partial charge in [-0.15, -0.1) is 0 Å². The predicted octanol–water partition coefficient (Wildman–Crippen LogP) is 1.46. The molecular weight excluding hydrogens is 172 g/mol. The van der Waals surface area contributed by atoms with Crippen LogP contribution in [0.15, 0.2) is 11.1 Å². The number of rotatable bonds is 2. The lowest BCUT2D eigenvalue weighted by atomic mass is 10.7. The molecule has 0 amide bonds. The maximum absolute atomic E-state index is 10.1. The molecule has 0 unspecified atom stereocenters. The quantitative estimate of drug-likeness (QED) is 0.599. The molecule has 0 aromatic carbocycles. The van der Waals surface area contributed by atoms with E-state index in [2.05, 4.69) is 27.2 Å². The second-order valence-corrected chi connectivity index (χ2v) is 2.42. The molecule has 0 saturated carbocycles. The second kappa shape index (κ2) is 3.66. The Morgan fingerprint density at radius 3 is 2.50 bits per heavy atom. The van der Waals surface area contributed by atoms with Crippen molar-refractivity contribution in [3.05, 3.63) is 11.1 Å². The maximum Gasteiger partial charge on any atom is 0.302 e. The molecule has 0 fully saturated rings. The Hall–Kier alpha value is -0.310. The minimum Gasteiger partial charge on any atom is -0.460 e. The van der Waals surface area contributed by atoms with Gasteiger partial charge < -0.3 is 4.74 Å². The molecule has 0 aliphatic carbocycles. The molecule has 0 rings (SSSR count). The summed E-state index contributed by atoms with van der Waals surface area (Å²) in [6.07, 6.45) is 0. The van der Waals surface area contributed by atoms with E-state index in [4.69, 9.17) is 0 Å². The Morgan fingerprint density at radius 1 is 1.88 bits per heavy atom. The molecule has 0 aliphatic rings. The van der Waals surface area contributed by atoms with E-state index in [1.165, 1.54) is 6.92 Å². The van der Waals surface area contributed by atoms with Gasteiger partial charge in [-0.1, -0.05) is 22.5 Å². The number of hydrogen-bond acceptors (Lipinski definition) is 2. The van der Waals surface area contributed by atoms with Gasteiger partial charge in [0.25, 0.3) is 0 Å². The summed E-state index contributed by atoms with van der Waals surface area (Å²) in [5, 5.41) is 0. The zero-order valence-electron chi connectivity index (χ0n) is 4.61. The lowest BCUT2D eigenvalue weighted by Crippen LogP contribution is -1.98. The number of carbonyl (C=O) groups is 1. The van der Waals surface area contributed by atoms with Crippen molar-refractivity contribution in [2.24, 2.45) is 0 Å². The third-order valence-electron chi connectivity index (χ3n) is 0.432. The van der Waals surface area contributed by atoms with E-state index in [1.54, 1.807) is 0 Å². The number of carbonyl (C=O) groups excluding carboxylic acids is 1. The normalized spacial score (nSPS) is 8.25. The van der Waals surface area contributed by atoms with Crippen LogP contribution in [0.1, 0.15) is 6.92 Å². The van der Waals surface area contributed by atoms with E-state index < -0.39 is 0 Å². The summed E-state index contributed by atoms with van der Waals surface area (Å²) in [5.41, 5.74) is 0. The zero-order chi connectivity index (χ0) is 6.57. The summed E-state index contributed by atoms with van der Waals surface area (Å²) in [6, 6.07) is 0. The standard InChI is InChI=1S/C5H7BrO2/c1-4(6)3-8-5(2)7/h1,3H2,2H3. The average Bonchev–Trinajstić information content (AvgIpc) is 1.61. The van der Waals surface area contributed by atoms with Gasteiger partial charge in [0.1, 0.15) is 6.61 Å². The summed E-state index contributed by atoms with van der Waals surface area (Å²) in [7, 11) is 0. The Balaban J connectivity index is 3.18. The summed E-state index contributed by atoms with van der Waals surface area (Å²) >= 11 is 3.03. The van der Waals surface area contributed by atoms with Crippen LogP contribution >= 0.6 is 15.9 Å². The van der Waals surface area contributed by atoms with E-state index in [0.717, 1.165) is 0 Å². The van der Waals surface area contributed by atoms with Crippen LogP contribution in [0.2, 0.25) is 0 Å². The van der Waals surface area contributed by atoms with Crippen LogP contribution < -0.4 is 0 Å². The minimum atomic E-state index is -0.286. The van der Waals surface area contributed by atoms with Crippen LogP contribution in [0.25, 0.3) is 0 Å². The highest BCUT2D eigenvalue weighted by atomic mass is 79.9. The molecule has 0 aromatic rings. The third-order valence-corrected chi connectivity index (χ3v) is 0.661. The molecule has 0 aromatic heterocycles. The summed E-state index contributed by atoms with van der Waals surface area (Å²) in [6.45, 7) is 5.08. The van der Waals surface area contributed by atoms with Gasteiger partial charge in [0, 0.05) is 11.4 Å². The molecule has 3 heteroatoms. The van der Waals surface area contributed by atoms with E-state index >= 15 is 0 Å². The fourth-order valence-electron chi connectivity index (χ4n) is 0.180. The molecule has 8 heavy (non-hydrogen) atoms. The molecule has 0 atom stereocenters. The number of ether oxygens (including phenoxy) is 1. The number of hydrogen-bond donors (Lipinski definition) is 0. The van der Waals surface area contributed by atoms with Crippen molar-refractivity contribution in [1.82, 2.24) is 0 Å². The third kappa shape index (κ3) is 5.69. The zero-order valence-corrected chi connectivity index (χ0v) is 6.19. The van der Waals surface area contributed by atoms with Crippen molar-refractivity contribution < 1.29 is 9.53 Å². The van der Waals surface area contributed by atoms with Crippen LogP contribution in [-0.2, 0) is 9.53 Å². The van der Waals surface area contributed by atoms with Gasteiger partial charge >= 0.3 is 5.97 Å². The van der Waals surface area contributed by atoms with Gasteiger partial charge in [-0.2, -0.15) is 0 Å². The van der Waals surface area contributed by atoms with Crippen molar-refractivity contribution in [3.8, 4) is 0 Å². The lowest BCUT2D eigenvalue weighted by Gasteiger charge is -1.95. The molecule has 0 bridgehead atoms. The SMILES string of the molecule is C=C(Br)COC(C)=O. The Bertz CT molecular complexity index is 95.0. The van der Waals surface area contributed by atoms with Gasteiger partial charge in [0.15, 0.2) is 0 Å². The van der Waals surface area contributed by atoms with E-state index in [1.807, 2.05) is 0 Å². The van der Waals surface area contributed by atoms with Gasteiger partial charge in [0.05, 0.1) is 0 Å². The van der Waals surface area contributed by atoms with Crippen LogP contribution in [0, 0.1) is 0 Å². The highest BCUT2D eigenvalue weighted by Gasteiger charge is 1.90. The first-order chi connectivity index (χ1) is 3.63. The Kier molecular flexibility index (Phi) is 3.52. The highest BCUT2D eigenvalue weighted by molar-refractivity contribution is 9.11. The molecule has 2 nitrogen and oxygen atoms in total. The fraction of sp³-hybridized carbons (Fsp3) is 0.400. The second-order valence-electron chi connectivity index (χ2n) is 1.30. The monoisotopic (exact) mass is 178 g/mol. The Morgan fingerprint density at radius 2 is 2.38 bits per heavy atom. The molecule has 0 heterocycles. The van der Waals surface area contributed by atoms with Gasteiger partial charge in [-0.05, 0) is 0 Å². The van der Waals surface area contributed by atoms with Crippen LogP contribution in [0.5, 0.6) is 0 Å². The lowest BCUT2D eigenvalue weighted by molar-refractivity contribution is -0.139. The fourth-order valence-corrected chi connectivity index (χ4v) is 0.294. The predicted molar refractivity (Wildman–Crippen MR) is 34.7 cm³/mol. The molecule has 46 valence electrons. The smallest absolute Gasteiger partial charge is 0.302 e. The highest BCUT2D eigenvalue weighted by Crippen LogP contribution is 1.99. The first-order valence-electron chi connectivity index (χ1n) is 2.09. The van der Waals surface area contributed by atoms with Crippen molar-refractivity contribution >= 4 is 21.9 Å². The summed E-state index contributed by atoms with van der Waals surface area (Å²) in [4.78, 5) is 10.1. The van der Waals surface area contributed by atoms with Gasteiger partial charge in [-0.25, -0.2) is 0 Å². The molecule has 0 aliphatic heterocycles. The largest absolute Gasteiger partial charge is 0.460 e. The first kappa shape index (κ1) is 7.69. The molecule has 0 spiro atoms. The summed E-state index contributed by atoms with van der Waals surface area (Å²) < 4.78 is 5.19. The van der Waals surface area contributed by atoms with E-state index in [-0.39, 0.29) is 12.6 Å². The van der Waals surface area contributed by atoms with Crippen molar-refractivity contribution in [2.45, 2.75) is 6.92 Å². The van der Waals surface area contributed by atoms with Crippen LogP contribution in [0.3, 0.4) is 0 Å². The van der Waals surface area contributed by atoms with Crippen molar-refractivity contribution in [3.63, 3.8) is 0 Å². The van der Waals surface area contributed by atoms with Gasteiger partial charge in [-0.3, -0.25) is 4.79 Å². The van der Waals surface area contributed by atoms with Crippen LogP contribution in [-0.4, -0.2) is 12.6 Å². The molecule has 0 N–H and O–H groups in total. The molecular formula is C5H7BrO2. The number of halogens is 1. The Labute approximate surface area is 56.7 Å².